The lowest BCUT2D eigenvalue weighted by Crippen LogP contribution is -2.31. The molecule has 9 heteroatoms. The number of carbonyl (C=O) groups is 4. The lowest BCUT2D eigenvalue weighted by atomic mass is 10.1. The Morgan fingerprint density at radius 2 is 1.87 bits per heavy atom. The number of carboxylic acids is 1. The summed E-state index contributed by atoms with van der Waals surface area (Å²) < 4.78 is 6.41. The van der Waals surface area contributed by atoms with Crippen molar-refractivity contribution >= 4 is 46.1 Å². The Hall–Kier alpha value is -3.91. The zero-order valence-corrected chi connectivity index (χ0v) is 16.7. The highest BCUT2D eigenvalue weighted by Crippen LogP contribution is 2.25. The van der Waals surface area contributed by atoms with E-state index in [1.54, 1.807) is 16.7 Å². The van der Waals surface area contributed by atoms with Crippen LogP contribution >= 0.6 is 11.6 Å². The molecule has 2 N–H and O–H groups in total. The number of Topliss-reactive ketones (excluding diaryl/α,β-unsaturated/α-hetero) is 1. The molecule has 8 nitrogen and oxygen atoms in total. The van der Waals surface area contributed by atoms with Gasteiger partial charge in [0.2, 0.25) is 0 Å². The number of hydrogen-bond donors (Lipinski definition) is 2. The average molecular weight is 439 g/mol. The van der Waals surface area contributed by atoms with Crippen LogP contribution in [-0.4, -0.2) is 39.9 Å². The Morgan fingerprint density at radius 3 is 2.52 bits per heavy atom. The Morgan fingerprint density at radius 1 is 1.13 bits per heavy atom. The third kappa shape index (κ3) is 4.19. The molecule has 0 spiro atoms. The van der Waals surface area contributed by atoms with E-state index in [9.17, 15) is 24.3 Å². The zero-order chi connectivity index (χ0) is 22.1. The minimum atomic E-state index is -1.11. The number of fused-ring (bicyclic) bond motifs is 1. The molecule has 0 saturated heterocycles. The lowest BCUT2D eigenvalue weighted by molar-refractivity contribution is -0.135. The predicted molar refractivity (Wildman–Crippen MR) is 111 cm³/mol. The van der Waals surface area contributed by atoms with Crippen LogP contribution in [0.2, 0.25) is 5.02 Å². The van der Waals surface area contributed by atoms with Crippen LogP contribution in [-0.2, 0) is 20.9 Å². The first-order valence-electron chi connectivity index (χ1n) is 9.15. The topological polar surface area (TPSA) is 115 Å². The van der Waals surface area contributed by atoms with Crippen molar-refractivity contribution in [2.24, 2.45) is 0 Å². The molecule has 0 fully saturated rings. The van der Waals surface area contributed by atoms with Gasteiger partial charge in [0, 0.05) is 34.7 Å². The highest BCUT2D eigenvalue weighted by Gasteiger charge is 2.25. The lowest BCUT2D eigenvalue weighted by Gasteiger charge is -2.06. The van der Waals surface area contributed by atoms with Crippen LogP contribution in [0, 0.1) is 0 Å². The minimum Gasteiger partial charge on any atom is -0.478 e. The Balaban J connectivity index is 1.72. The molecule has 0 bridgehead atoms. The largest absolute Gasteiger partial charge is 0.478 e. The molecule has 0 aliphatic carbocycles. The second-order valence-electron chi connectivity index (χ2n) is 6.89. The number of carbonyl (C=O) groups excluding carboxylic acids is 3. The van der Waals surface area contributed by atoms with Crippen molar-refractivity contribution in [2.45, 2.75) is 6.54 Å². The van der Waals surface area contributed by atoms with Crippen molar-refractivity contribution in [3.63, 3.8) is 0 Å². The van der Waals surface area contributed by atoms with Crippen LogP contribution < -0.4 is 5.32 Å². The summed E-state index contributed by atoms with van der Waals surface area (Å²) in [5.74, 6) is -3.44. The predicted octanol–water partition coefficient (Wildman–Crippen LogP) is 2.78. The molecule has 156 valence electrons. The molecule has 1 aromatic heterocycles. The van der Waals surface area contributed by atoms with Gasteiger partial charge in [-0.1, -0.05) is 29.8 Å². The zero-order valence-electron chi connectivity index (χ0n) is 15.9. The molecule has 4 rings (SSSR count). The summed E-state index contributed by atoms with van der Waals surface area (Å²) >= 11 is 5.93. The average Bonchev–Trinajstić information content (AvgIpc) is 3.32. The summed E-state index contributed by atoms with van der Waals surface area (Å²) in [5, 5.41) is 12.7. The summed E-state index contributed by atoms with van der Waals surface area (Å²) in [4.78, 5) is 47.8. The summed E-state index contributed by atoms with van der Waals surface area (Å²) in [6.45, 7) is 0.220. The molecule has 0 saturated carbocycles. The Labute approximate surface area is 180 Å². The number of carboxylic acid groups (broad SMARTS) is 1. The third-order valence-electron chi connectivity index (χ3n) is 4.78. The summed E-state index contributed by atoms with van der Waals surface area (Å²) in [6, 6.07) is 11.4. The number of ketones is 1. The van der Waals surface area contributed by atoms with Gasteiger partial charge in [0.15, 0.2) is 0 Å². The summed E-state index contributed by atoms with van der Waals surface area (Å²) in [5.41, 5.74) is 1.73. The molecule has 2 heterocycles. The number of nitrogens with zero attached hydrogens (tertiary/aromatic N) is 1. The number of aromatic carboxylic acids is 1. The number of hydrogen-bond acceptors (Lipinski definition) is 5. The molecule has 1 aliphatic heterocycles. The van der Waals surface area contributed by atoms with Gasteiger partial charge in [0.25, 0.3) is 11.7 Å². The molecule has 0 unspecified atom stereocenters. The van der Waals surface area contributed by atoms with Crippen LogP contribution in [0.5, 0.6) is 0 Å². The molecule has 2 aromatic carbocycles. The van der Waals surface area contributed by atoms with Crippen LogP contribution in [0.4, 0.5) is 0 Å². The van der Waals surface area contributed by atoms with E-state index in [1.807, 2.05) is 12.1 Å². The van der Waals surface area contributed by atoms with E-state index in [-0.39, 0.29) is 23.4 Å². The molecule has 0 radical (unpaired) electrons. The molecule has 0 atom stereocenters. The van der Waals surface area contributed by atoms with Gasteiger partial charge in [-0.25, -0.2) is 9.59 Å². The SMILES string of the molecule is O=C1C=C(NC(=O)C(=O)c2cn(Cc3ccc(Cl)cc3)c3cc(C(=O)O)ccc23)CO1. The first kappa shape index (κ1) is 20.4. The molecule has 3 aromatic rings. The molecule has 31 heavy (non-hydrogen) atoms. The highest BCUT2D eigenvalue weighted by molar-refractivity contribution is 6.45. The van der Waals surface area contributed by atoms with E-state index in [0.29, 0.717) is 22.5 Å². The van der Waals surface area contributed by atoms with Crippen molar-refractivity contribution in [2.75, 3.05) is 6.61 Å². The number of benzene rings is 2. The van der Waals surface area contributed by atoms with Crippen molar-refractivity contribution < 1.29 is 29.0 Å². The van der Waals surface area contributed by atoms with Gasteiger partial charge in [-0.15, -0.1) is 0 Å². The summed E-state index contributed by atoms with van der Waals surface area (Å²) in [6.07, 6.45) is 2.62. The van der Waals surface area contributed by atoms with Crippen molar-refractivity contribution in [3.8, 4) is 0 Å². The van der Waals surface area contributed by atoms with E-state index >= 15 is 0 Å². The number of amides is 1. The first-order valence-corrected chi connectivity index (χ1v) is 9.53. The van der Waals surface area contributed by atoms with Gasteiger partial charge < -0.3 is 19.7 Å². The number of aromatic nitrogens is 1. The van der Waals surface area contributed by atoms with Crippen LogP contribution in [0.1, 0.15) is 26.3 Å². The second-order valence-corrected chi connectivity index (χ2v) is 7.33. The van der Waals surface area contributed by atoms with Crippen molar-refractivity contribution in [3.05, 3.63) is 82.1 Å². The minimum absolute atomic E-state index is 0.0539. The van der Waals surface area contributed by atoms with Crippen molar-refractivity contribution in [1.29, 1.82) is 0 Å². The van der Waals surface area contributed by atoms with Crippen LogP contribution in [0.25, 0.3) is 10.9 Å². The van der Waals surface area contributed by atoms with E-state index in [2.05, 4.69) is 5.32 Å². The second kappa shape index (κ2) is 8.08. The standard InChI is InChI=1S/C22H15ClN2O6/c23-14-4-1-12(2-5-14)9-25-10-17(16-6-3-13(22(29)30)7-18(16)25)20(27)21(28)24-15-8-19(26)31-11-15/h1-8,10H,9,11H2,(H,24,28)(H,29,30). The number of nitrogens with one attached hydrogen (secondary N) is 1. The number of cyclic esters (lactones) is 1. The van der Waals surface area contributed by atoms with E-state index < -0.39 is 23.6 Å². The molecule has 1 aliphatic rings. The van der Waals surface area contributed by atoms with E-state index in [0.717, 1.165) is 11.6 Å². The normalized spacial score (nSPS) is 13.1. The van der Waals surface area contributed by atoms with Crippen LogP contribution in [0.15, 0.2) is 60.4 Å². The molecular formula is C22H15ClN2O6. The Kier molecular flexibility index (Phi) is 5.31. The third-order valence-corrected chi connectivity index (χ3v) is 5.03. The van der Waals surface area contributed by atoms with Crippen LogP contribution in [0.3, 0.4) is 0 Å². The number of rotatable bonds is 6. The fraction of sp³-hybridized carbons (Fsp3) is 0.0909. The van der Waals surface area contributed by atoms with E-state index in [4.69, 9.17) is 16.3 Å². The van der Waals surface area contributed by atoms with Crippen molar-refractivity contribution in [1.82, 2.24) is 9.88 Å². The maximum Gasteiger partial charge on any atom is 0.335 e. The molecule has 1 amide bonds. The monoisotopic (exact) mass is 438 g/mol. The fourth-order valence-electron chi connectivity index (χ4n) is 3.29. The summed E-state index contributed by atoms with van der Waals surface area (Å²) in [7, 11) is 0. The maximum atomic E-state index is 12.8. The number of halogens is 1. The van der Waals surface area contributed by atoms with Gasteiger partial charge in [0.05, 0.1) is 16.8 Å². The first-order chi connectivity index (χ1) is 14.8. The molecular weight excluding hydrogens is 424 g/mol. The number of ether oxygens (including phenoxy) is 1. The van der Waals surface area contributed by atoms with Gasteiger partial charge >= 0.3 is 11.9 Å². The maximum absolute atomic E-state index is 12.8. The van der Waals surface area contributed by atoms with Gasteiger partial charge in [-0.3, -0.25) is 9.59 Å². The fourth-order valence-corrected chi connectivity index (χ4v) is 3.42. The van der Waals surface area contributed by atoms with Gasteiger partial charge in [-0.2, -0.15) is 0 Å². The Bertz CT molecular complexity index is 1270. The number of esters is 1. The van der Waals surface area contributed by atoms with Gasteiger partial charge in [0.1, 0.15) is 6.61 Å². The van der Waals surface area contributed by atoms with E-state index in [1.165, 1.54) is 24.4 Å². The highest BCUT2D eigenvalue weighted by atomic mass is 35.5. The quantitative estimate of drug-likeness (QED) is 0.347. The van der Waals surface area contributed by atoms with Gasteiger partial charge in [-0.05, 0) is 29.8 Å². The smallest absolute Gasteiger partial charge is 0.335 e.